The molecule has 0 aliphatic rings. The number of benzene rings is 10. The lowest BCUT2D eigenvalue weighted by Crippen LogP contribution is -2.12. The van der Waals surface area contributed by atoms with Gasteiger partial charge in [-0.3, -0.25) is 0 Å². The summed E-state index contributed by atoms with van der Waals surface area (Å²) >= 11 is 0. The lowest BCUT2D eigenvalue weighted by molar-refractivity contribution is 0.670. The van der Waals surface area contributed by atoms with Crippen LogP contribution in [0.2, 0.25) is 0 Å². The Morgan fingerprint density at radius 2 is 0.911 bits per heavy atom. The largest absolute Gasteiger partial charge is 0.455 e. The van der Waals surface area contributed by atoms with E-state index in [-0.39, 0.29) is 0 Å². The van der Waals surface area contributed by atoms with Crippen molar-refractivity contribution in [1.29, 1.82) is 0 Å². The molecule has 0 aliphatic carbocycles. The maximum Gasteiger partial charge on any atom is 0.143 e. The fourth-order valence-electron chi connectivity index (χ4n) is 8.52. The van der Waals surface area contributed by atoms with Crippen LogP contribution in [0.25, 0.3) is 87.6 Å². The molecule has 0 atom stereocenters. The van der Waals surface area contributed by atoms with E-state index in [0.29, 0.717) is 0 Å². The molecule has 0 aliphatic heterocycles. The first-order valence-electron chi connectivity index (χ1n) is 19.2. The Morgan fingerprint density at radius 3 is 1.75 bits per heavy atom. The minimum absolute atomic E-state index is 0.904. The first-order valence-corrected chi connectivity index (χ1v) is 19.2. The summed E-state index contributed by atoms with van der Waals surface area (Å²) in [6.07, 6.45) is 0. The molecule has 0 spiro atoms. The van der Waals surface area contributed by atoms with Crippen molar-refractivity contribution in [2.24, 2.45) is 0 Å². The van der Waals surface area contributed by atoms with E-state index >= 15 is 0 Å². The maximum atomic E-state index is 6.47. The van der Waals surface area contributed by atoms with Crippen molar-refractivity contribution in [3.8, 4) is 33.4 Å². The Bertz CT molecular complexity index is 3250. The highest BCUT2D eigenvalue weighted by atomic mass is 16.3. The number of furan rings is 1. The molecule has 56 heavy (non-hydrogen) atoms. The average molecular weight is 714 g/mol. The summed E-state index contributed by atoms with van der Waals surface area (Å²) < 4.78 is 6.47. The molecule has 1 heterocycles. The monoisotopic (exact) mass is 713 g/mol. The summed E-state index contributed by atoms with van der Waals surface area (Å²) in [6, 6.07) is 76.6. The molecule has 11 rings (SSSR count). The highest BCUT2D eigenvalue weighted by molar-refractivity contribution is 6.15. The zero-order valence-corrected chi connectivity index (χ0v) is 30.6. The van der Waals surface area contributed by atoms with Crippen molar-refractivity contribution < 1.29 is 4.42 Å². The normalized spacial score (nSPS) is 11.6. The minimum Gasteiger partial charge on any atom is -0.455 e. The van der Waals surface area contributed by atoms with Gasteiger partial charge in [-0.2, -0.15) is 0 Å². The van der Waals surface area contributed by atoms with Crippen molar-refractivity contribution in [2.75, 3.05) is 4.90 Å². The third-order valence-corrected chi connectivity index (χ3v) is 11.2. The van der Waals surface area contributed by atoms with Gasteiger partial charge < -0.3 is 9.32 Å². The quantitative estimate of drug-likeness (QED) is 0.160. The second-order valence-corrected chi connectivity index (χ2v) is 14.5. The number of hydrogen-bond acceptors (Lipinski definition) is 2. The molecule has 0 radical (unpaired) electrons. The molecule has 10 aromatic carbocycles. The van der Waals surface area contributed by atoms with Gasteiger partial charge in [-0.05, 0) is 91.6 Å². The van der Waals surface area contributed by atoms with Crippen LogP contribution in [-0.2, 0) is 0 Å². The number of nitrogens with zero attached hydrogens (tertiary/aromatic N) is 1. The smallest absolute Gasteiger partial charge is 0.143 e. The molecule has 2 heteroatoms. The molecule has 0 unspecified atom stereocenters. The summed E-state index contributed by atoms with van der Waals surface area (Å²) in [5.41, 5.74) is 12.0. The number of rotatable bonds is 6. The van der Waals surface area contributed by atoms with Crippen molar-refractivity contribution >= 4 is 71.3 Å². The van der Waals surface area contributed by atoms with Crippen molar-refractivity contribution in [3.05, 3.63) is 212 Å². The molecular formula is C54H35NO. The van der Waals surface area contributed by atoms with Crippen LogP contribution in [-0.4, -0.2) is 0 Å². The molecule has 0 fully saturated rings. The van der Waals surface area contributed by atoms with E-state index in [0.717, 1.165) is 61.3 Å². The van der Waals surface area contributed by atoms with E-state index < -0.39 is 0 Å². The first kappa shape index (κ1) is 32.0. The van der Waals surface area contributed by atoms with Gasteiger partial charge in [0.05, 0.1) is 11.4 Å². The van der Waals surface area contributed by atoms with Gasteiger partial charge in [0, 0.05) is 33.0 Å². The van der Waals surface area contributed by atoms with E-state index in [1.807, 2.05) is 12.1 Å². The van der Waals surface area contributed by atoms with Crippen LogP contribution in [0.5, 0.6) is 0 Å². The van der Waals surface area contributed by atoms with Gasteiger partial charge in [0.2, 0.25) is 0 Å². The van der Waals surface area contributed by atoms with Gasteiger partial charge in [-0.15, -0.1) is 0 Å². The summed E-state index contributed by atoms with van der Waals surface area (Å²) in [4.78, 5) is 2.45. The third-order valence-electron chi connectivity index (χ3n) is 11.2. The summed E-state index contributed by atoms with van der Waals surface area (Å²) in [6.45, 7) is 0. The van der Waals surface area contributed by atoms with Crippen molar-refractivity contribution in [3.63, 3.8) is 0 Å². The molecule has 262 valence electrons. The van der Waals surface area contributed by atoms with E-state index in [1.165, 1.54) is 43.4 Å². The van der Waals surface area contributed by atoms with Gasteiger partial charge in [0.25, 0.3) is 0 Å². The molecule has 0 bridgehead atoms. The van der Waals surface area contributed by atoms with E-state index in [4.69, 9.17) is 4.42 Å². The maximum absolute atomic E-state index is 6.47. The Labute approximate surface area is 325 Å². The van der Waals surface area contributed by atoms with Crippen LogP contribution >= 0.6 is 0 Å². The van der Waals surface area contributed by atoms with Gasteiger partial charge in [-0.1, -0.05) is 170 Å². The van der Waals surface area contributed by atoms with Gasteiger partial charge >= 0.3 is 0 Å². The van der Waals surface area contributed by atoms with Gasteiger partial charge in [0.1, 0.15) is 11.2 Å². The number of para-hydroxylation sites is 2. The van der Waals surface area contributed by atoms with E-state index in [1.54, 1.807) is 0 Å². The summed E-state index contributed by atoms with van der Waals surface area (Å²) in [5.74, 6) is 0. The lowest BCUT2D eigenvalue weighted by Gasteiger charge is -2.30. The van der Waals surface area contributed by atoms with Crippen LogP contribution in [0.15, 0.2) is 217 Å². The van der Waals surface area contributed by atoms with Crippen LogP contribution in [0.1, 0.15) is 0 Å². The van der Waals surface area contributed by atoms with Gasteiger partial charge in [0.15, 0.2) is 0 Å². The topological polar surface area (TPSA) is 16.4 Å². The van der Waals surface area contributed by atoms with Crippen LogP contribution in [0.3, 0.4) is 0 Å². The summed E-state index contributed by atoms with van der Waals surface area (Å²) in [7, 11) is 0. The van der Waals surface area contributed by atoms with E-state index in [2.05, 4.69) is 205 Å². The molecule has 1 aromatic heterocycles. The summed E-state index contributed by atoms with van der Waals surface area (Å²) in [5, 5.41) is 9.61. The Kier molecular flexibility index (Phi) is 7.53. The predicted molar refractivity (Wildman–Crippen MR) is 237 cm³/mol. The van der Waals surface area contributed by atoms with Crippen LogP contribution in [0.4, 0.5) is 17.1 Å². The van der Waals surface area contributed by atoms with Crippen molar-refractivity contribution in [1.82, 2.24) is 0 Å². The predicted octanol–water partition coefficient (Wildman–Crippen LogP) is 15.5. The molecular weight excluding hydrogens is 679 g/mol. The fraction of sp³-hybridized carbons (Fsp3) is 0. The zero-order chi connectivity index (χ0) is 37.0. The lowest BCUT2D eigenvalue weighted by atomic mass is 9.94. The number of anilines is 3. The molecule has 11 aromatic rings. The SMILES string of the molecule is c1ccc(-c2cc(-c3ccc4ccccc4c3)ccc2N(c2ccc(-c3cccc4c3oc3ccccc34)cc2)c2cc3ccccc3c3ccccc23)cc1. The molecule has 2 nitrogen and oxygen atoms in total. The number of fused-ring (bicyclic) bond motifs is 7. The van der Waals surface area contributed by atoms with Gasteiger partial charge in [-0.25, -0.2) is 0 Å². The third kappa shape index (κ3) is 5.34. The minimum atomic E-state index is 0.904. The van der Waals surface area contributed by atoms with Crippen LogP contribution < -0.4 is 4.90 Å². The molecule has 0 amide bonds. The Morgan fingerprint density at radius 1 is 0.304 bits per heavy atom. The Balaban J connectivity index is 1.14. The number of hydrogen-bond donors (Lipinski definition) is 0. The second kappa shape index (κ2) is 13.2. The van der Waals surface area contributed by atoms with E-state index in [9.17, 15) is 0 Å². The Hall–Kier alpha value is -7.42. The molecule has 0 N–H and O–H groups in total. The second-order valence-electron chi connectivity index (χ2n) is 14.5. The highest BCUT2D eigenvalue weighted by Crippen LogP contribution is 2.47. The fourth-order valence-corrected chi connectivity index (χ4v) is 8.52. The molecule has 0 saturated carbocycles. The van der Waals surface area contributed by atoms with Crippen LogP contribution in [0, 0.1) is 0 Å². The zero-order valence-electron chi connectivity index (χ0n) is 30.6. The highest BCUT2D eigenvalue weighted by Gasteiger charge is 2.22. The average Bonchev–Trinajstić information content (AvgIpc) is 3.66. The van der Waals surface area contributed by atoms with Crippen molar-refractivity contribution in [2.45, 2.75) is 0 Å². The molecule has 0 saturated heterocycles. The first-order chi connectivity index (χ1) is 27.8. The standard InChI is InChI=1S/C54H35NO/c1-2-14-37(15-3-1)50-34-41(40-26-25-36-13-4-5-16-39(36)33-40)29-32-51(50)55(52-35-42-17-6-7-18-44(42)46-19-8-9-20-47(46)52)43-30-27-38(28-31-43)45-22-12-23-49-48-21-10-11-24-53(48)56-54(45)49/h1-35H.